The average Bonchev–Trinajstić information content (AvgIpc) is 2.94. The van der Waals surface area contributed by atoms with Crippen molar-refractivity contribution in [3.8, 4) is 5.82 Å². The van der Waals surface area contributed by atoms with E-state index < -0.39 is 0 Å². The topological polar surface area (TPSA) is 56.7 Å². The second-order valence-electron chi connectivity index (χ2n) is 4.42. The molecule has 19 heavy (non-hydrogen) atoms. The molecule has 2 aromatic heterocycles. The molecule has 4 heteroatoms. The molecule has 4 nitrogen and oxygen atoms in total. The van der Waals surface area contributed by atoms with Crippen LogP contribution in [-0.4, -0.2) is 14.5 Å². The van der Waals surface area contributed by atoms with Crippen LogP contribution in [-0.2, 0) is 13.0 Å². The number of pyridine rings is 1. The molecular formula is C15H16N4. The number of nitrogens with two attached hydrogens (primary N) is 1. The summed E-state index contributed by atoms with van der Waals surface area (Å²) in [5.41, 5.74) is 6.85. The Morgan fingerprint density at radius 3 is 2.68 bits per heavy atom. The van der Waals surface area contributed by atoms with Crippen molar-refractivity contribution in [3.05, 3.63) is 54.2 Å². The molecular weight excluding hydrogens is 236 g/mol. The van der Waals surface area contributed by atoms with Crippen LogP contribution >= 0.6 is 0 Å². The number of fused-ring (bicyclic) bond motifs is 1. The molecule has 0 aliphatic rings. The van der Waals surface area contributed by atoms with Crippen LogP contribution in [0.25, 0.3) is 16.6 Å². The van der Waals surface area contributed by atoms with Crippen molar-refractivity contribution >= 4 is 10.8 Å². The first kappa shape index (κ1) is 11.9. The summed E-state index contributed by atoms with van der Waals surface area (Å²) < 4.78 is 2.04. The Kier molecular flexibility index (Phi) is 3.01. The van der Waals surface area contributed by atoms with Gasteiger partial charge in [0.05, 0.1) is 0 Å². The van der Waals surface area contributed by atoms with Crippen LogP contribution in [0.2, 0.25) is 0 Å². The third kappa shape index (κ3) is 1.90. The summed E-state index contributed by atoms with van der Waals surface area (Å²) in [6, 6.07) is 8.22. The fourth-order valence-corrected chi connectivity index (χ4v) is 2.38. The Morgan fingerprint density at radius 1 is 1.16 bits per heavy atom. The van der Waals surface area contributed by atoms with Crippen molar-refractivity contribution in [2.45, 2.75) is 19.9 Å². The number of hydrogen-bond acceptors (Lipinski definition) is 3. The Hall–Kier alpha value is -2.20. The minimum Gasteiger partial charge on any atom is -0.326 e. The SMILES string of the molecule is CCc1nccn1-c1ncc(CN)c2ccccc12. The normalized spacial score (nSPS) is 11.1. The van der Waals surface area contributed by atoms with Gasteiger partial charge >= 0.3 is 0 Å². The lowest BCUT2D eigenvalue weighted by atomic mass is 10.1. The van der Waals surface area contributed by atoms with E-state index in [2.05, 4.69) is 29.0 Å². The summed E-state index contributed by atoms with van der Waals surface area (Å²) in [7, 11) is 0. The Bertz CT molecular complexity index is 715. The zero-order valence-corrected chi connectivity index (χ0v) is 10.9. The molecule has 2 heterocycles. The molecule has 0 bridgehead atoms. The van der Waals surface area contributed by atoms with Crippen molar-refractivity contribution in [3.63, 3.8) is 0 Å². The number of aryl methyl sites for hydroxylation is 1. The average molecular weight is 252 g/mol. The van der Waals surface area contributed by atoms with Crippen LogP contribution < -0.4 is 5.73 Å². The van der Waals surface area contributed by atoms with E-state index >= 15 is 0 Å². The highest BCUT2D eigenvalue weighted by atomic mass is 15.1. The lowest BCUT2D eigenvalue weighted by Gasteiger charge is -2.11. The fourth-order valence-electron chi connectivity index (χ4n) is 2.38. The van der Waals surface area contributed by atoms with Gasteiger partial charge in [-0.25, -0.2) is 9.97 Å². The van der Waals surface area contributed by atoms with E-state index in [0.717, 1.165) is 34.4 Å². The zero-order chi connectivity index (χ0) is 13.2. The number of imidazole rings is 1. The van der Waals surface area contributed by atoms with E-state index in [-0.39, 0.29) is 0 Å². The van der Waals surface area contributed by atoms with Gasteiger partial charge in [0.15, 0.2) is 0 Å². The predicted octanol–water partition coefficient (Wildman–Crippen LogP) is 2.44. The van der Waals surface area contributed by atoms with Gasteiger partial charge < -0.3 is 5.73 Å². The minimum absolute atomic E-state index is 0.498. The highest BCUT2D eigenvalue weighted by Gasteiger charge is 2.10. The van der Waals surface area contributed by atoms with Crippen molar-refractivity contribution < 1.29 is 0 Å². The van der Waals surface area contributed by atoms with Gasteiger partial charge in [-0.15, -0.1) is 0 Å². The fraction of sp³-hybridized carbons (Fsp3) is 0.200. The summed E-state index contributed by atoms with van der Waals surface area (Å²) in [5, 5.41) is 2.27. The lowest BCUT2D eigenvalue weighted by Crippen LogP contribution is -2.05. The van der Waals surface area contributed by atoms with E-state index in [1.54, 1.807) is 0 Å². The third-order valence-corrected chi connectivity index (χ3v) is 3.34. The maximum atomic E-state index is 5.78. The maximum Gasteiger partial charge on any atom is 0.145 e. The molecule has 0 fully saturated rings. The molecule has 1 aromatic carbocycles. The number of hydrogen-bond donors (Lipinski definition) is 1. The molecule has 3 rings (SSSR count). The van der Waals surface area contributed by atoms with Gasteiger partial charge in [-0.05, 0) is 10.9 Å². The molecule has 0 amide bonds. The molecule has 0 atom stereocenters. The molecule has 0 unspecified atom stereocenters. The molecule has 3 aromatic rings. The third-order valence-electron chi connectivity index (χ3n) is 3.34. The number of rotatable bonds is 3. The molecule has 0 spiro atoms. The second-order valence-corrected chi connectivity index (χ2v) is 4.42. The van der Waals surface area contributed by atoms with Crippen LogP contribution in [0.1, 0.15) is 18.3 Å². The van der Waals surface area contributed by atoms with Crippen LogP contribution in [0.15, 0.2) is 42.9 Å². The van der Waals surface area contributed by atoms with E-state index in [0.29, 0.717) is 6.54 Å². The van der Waals surface area contributed by atoms with E-state index in [9.17, 15) is 0 Å². The maximum absolute atomic E-state index is 5.78. The molecule has 0 aliphatic heterocycles. The van der Waals surface area contributed by atoms with Crippen LogP contribution in [0, 0.1) is 0 Å². The summed E-state index contributed by atoms with van der Waals surface area (Å²) in [6.45, 7) is 2.59. The molecule has 0 saturated carbocycles. The number of nitrogens with zero attached hydrogens (tertiary/aromatic N) is 3. The van der Waals surface area contributed by atoms with Crippen LogP contribution in [0.5, 0.6) is 0 Å². The van der Waals surface area contributed by atoms with Gasteiger partial charge in [0.1, 0.15) is 11.6 Å². The van der Waals surface area contributed by atoms with E-state index in [1.807, 2.05) is 35.3 Å². The van der Waals surface area contributed by atoms with Crippen molar-refractivity contribution in [2.24, 2.45) is 5.73 Å². The molecule has 0 aliphatic carbocycles. The van der Waals surface area contributed by atoms with Crippen molar-refractivity contribution in [2.75, 3.05) is 0 Å². The first-order chi connectivity index (χ1) is 9.35. The summed E-state index contributed by atoms with van der Waals surface area (Å²) in [6.07, 6.45) is 6.50. The molecule has 96 valence electrons. The van der Waals surface area contributed by atoms with E-state index in [1.165, 1.54) is 0 Å². The second kappa shape index (κ2) is 4.82. The van der Waals surface area contributed by atoms with Gasteiger partial charge in [0.2, 0.25) is 0 Å². The smallest absolute Gasteiger partial charge is 0.145 e. The van der Waals surface area contributed by atoms with Crippen LogP contribution in [0.3, 0.4) is 0 Å². The van der Waals surface area contributed by atoms with Gasteiger partial charge in [-0.3, -0.25) is 4.57 Å². The Balaban J connectivity index is 2.31. The Labute approximate surface area is 111 Å². The minimum atomic E-state index is 0.498. The summed E-state index contributed by atoms with van der Waals surface area (Å²) >= 11 is 0. The predicted molar refractivity (Wildman–Crippen MR) is 76.1 cm³/mol. The Morgan fingerprint density at radius 2 is 1.95 bits per heavy atom. The molecule has 2 N–H and O–H groups in total. The van der Waals surface area contributed by atoms with Crippen molar-refractivity contribution in [1.82, 2.24) is 14.5 Å². The van der Waals surface area contributed by atoms with Crippen LogP contribution in [0.4, 0.5) is 0 Å². The zero-order valence-electron chi connectivity index (χ0n) is 10.9. The van der Waals surface area contributed by atoms with E-state index in [4.69, 9.17) is 5.73 Å². The standard InChI is InChI=1S/C15H16N4/c1-2-14-17-7-8-19(14)15-13-6-4-3-5-12(13)11(9-16)10-18-15/h3-8,10H,2,9,16H2,1H3. The van der Waals surface area contributed by atoms with Gasteiger partial charge in [0.25, 0.3) is 0 Å². The van der Waals surface area contributed by atoms with Gasteiger partial charge in [-0.1, -0.05) is 31.2 Å². The van der Waals surface area contributed by atoms with Gasteiger partial charge in [-0.2, -0.15) is 0 Å². The number of benzene rings is 1. The molecule has 0 saturated heterocycles. The first-order valence-corrected chi connectivity index (χ1v) is 6.44. The highest BCUT2D eigenvalue weighted by Crippen LogP contribution is 2.24. The molecule has 0 radical (unpaired) electrons. The summed E-state index contributed by atoms with van der Waals surface area (Å²) in [5.74, 6) is 1.93. The van der Waals surface area contributed by atoms with Gasteiger partial charge in [0, 0.05) is 36.9 Å². The summed E-state index contributed by atoms with van der Waals surface area (Å²) in [4.78, 5) is 8.93. The number of aromatic nitrogens is 3. The largest absolute Gasteiger partial charge is 0.326 e. The quantitative estimate of drug-likeness (QED) is 0.779. The lowest BCUT2D eigenvalue weighted by molar-refractivity contribution is 0.871. The monoisotopic (exact) mass is 252 g/mol. The first-order valence-electron chi connectivity index (χ1n) is 6.44. The highest BCUT2D eigenvalue weighted by molar-refractivity contribution is 5.91. The van der Waals surface area contributed by atoms with Crippen molar-refractivity contribution in [1.29, 1.82) is 0 Å².